The number of nitrogens with zero attached hydrogens (tertiary/aromatic N) is 1. The number of carbonyl (C=O) groups is 1. The number of hydrogen-bond donors (Lipinski definition) is 1. The lowest BCUT2D eigenvalue weighted by Gasteiger charge is -2.32. The van der Waals surface area contributed by atoms with Gasteiger partial charge in [0.05, 0.1) is 13.2 Å². The minimum absolute atomic E-state index is 0.0724. The minimum atomic E-state index is -0.477. The van der Waals surface area contributed by atoms with E-state index in [1.807, 2.05) is 6.92 Å². The minimum Gasteiger partial charge on any atom is -0.465 e. The van der Waals surface area contributed by atoms with E-state index >= 15 is 0 Å². The van der Waals surface area contributed by atoms with Gasteiger partial charge in [0.25, 0.3) is 0 Å². The molecular formula is C16H30N2O3. The van der Waals surface area contributed by atoms with Crippen LogP contribution < -0.4 is 5.32 Å². The molecule has 2 fully saturated rings. The molecule has 0 spiro atoms. The standard InChI is InChI=1S/C16H30N2O3/c1-4-17-16(15(19)21-5-2)9-8-14(12-16)18(10-11-20-3)13-6-7-13/h13-14,17H,4-12H2,1-3H3. The van der Waals surface area contributed by atoms with Gasteiger partial charge in [-0.25, -0.2) is 0 Å². The zero-order valence-electron chi connectivity index (χ0n) is 13.7. The number of rotatable bonds is 9. The van der Waals surface area contributed by atoms with E-state index in [0.717, 1.165) is 39.0 Å². The van der Waals surface area contributed by atoms with E-state index in [0.29, 0.717) is 18.7 Å². The van der Waals surface area contributed by atoms with Gasteiger partial charge >= 0.3 is 5.97 Å². The maximum atomic E-state index is 12.4. The van der Waals surface area contributed by atoms with Gasteiger partial charge < -0.3 is 14.8 Å². The smallest absolute Gasteiger partial charge is 0.326 e. The van der Waals surface area contributed by atoms with Crippen LogP contribution in [-0.2, 0) is 14.3 Å². The Bertz CT molecular complexity index is 346. The Labute approximate surface area is 128 Å². The van der Waals surface area contributed by atoms with Crippen LogP contribution in [0.3, 0.4) is 0 Å². The van der Waals surface area contributed by atoms with Crippen molar-refractivity contribution in [1.29, 1.82) is 0 Å². The predicted octanol–water partition coefficient (Wildman–Crippen LogP) is 1.56. The highest BCUT2D eigenvalue weighted by Gasteiger charge is 2.49. The normalized spacial score (nSPS) is 29.0. The Kier molecular flexibility index (Phi) is 6.02. The molecule has 0 bridgehead atoms. The third-order valence-electron chi connectivity index (χ3n) is 4.71. The topological polar surface area (TPSA) is 50.8 Å². The maximum Gasteiger partial charge on any atom is 0.326 e. The number of hydrogen-bond acceptors (Lipinski definition) is 5. The Morgan fingerprint density at radius 1 is 1.29 bits per heavy atom. The van der Waals surface area contributed by atoms with Crippen LogP contribution in [0.5, 0.6) is 0 Å². The fourth-order valence-electron chi connectivity index (χ4n) is 3.59. The number of methoxy groups -OCH3 is 1. The zero-order chi connectivity index (χ0) is 15.3. The molecule has 0 radical (unpaired) electrons. The van der Waals surface area contributed by atoms with Crippen LogP contribution in [0.4, 0.5) is 0 Å². The Balaban J connectivity index is 2.01. The summed E-state index contributed by atoms with van der Waals surface area (Å²) in [5.41, 5.74) is -0.477. The molecule has 0 aliphatic heterocycles. The van der Waals surface area contributed by atoms with E-state index in [9.17, 15) is 4.79 Å². The Morgan fingerprint density at radius 3 is 2.62 bits per heavy atom. The van der Waals surface area contributed by atoms with Crippen LogP contribution in [0.1, 0.15) is 46.0 Å². The second kappa shape index (κ2) is 7.56. The number of likely N-dealkylation sites (N-methyl/N-ethyl adjacent to an activating group) is 1. The number of carbonyl (C=O) groups excluding carboxylic acids is 1. The molecule has 2 rings (SSSR count). The summed E-state index contributed by atoms with van der Waals surface area (Å²) in [6, 6.07) is 1.17. The van der Waals surface area contributed by atoms with Gasteiger partial charge in [-0.3, -0.25) is 9.69 Å². The SMILES string of the molecule is CCNC1(C(=O)OCC)CCC(N(CCOC)C2CC2)C1. The third-order valence-corrected chi connectivity index (χ3v) is 4.71. The third kappa shape index (κ3) is 3.96. The van der Waals surface area contributed by atoms with Crippen LogP contribution in [0.2, 0.25) is 0 Å². The molecule has 0 aromatic carbocycles. The van der Waals surface area contributed by atoms with Crippen molar-refractivity contribution in [2.24, 2.45) is 0 Å². The first kappa shape index (κ1) is 16.7. The highest BCUT2D eigenvalue weighted by Crippen LogP contribution is 2.39. The van der Waals surface area contributed by atoms with E-state index in [1.54, 1.807) is 7.11 Å². The van der Waals surface area contributed by atoms with Gasteiger partial charge in [-0.1, -0.05) is 6.92 Å². The molecule has 2 unspecified atom stereocenters. The number of nitrogens with one attached hydrogen (secondary N) is 1. The van der Waals surface area contributed by atoms with Crippen molar-refractivity contribution < 1.29 is 14.3 Å². The molecule has 0 aromatic heterocycles. The summed E-state index contributed by atoms with van der Waals surface area (Å²) in [5.74, 6) is -0.0724. The van der Waals surface area contributed by atoms with Gasteiger partial charge in [0.2, 0.25) is 0 Å². The van der Waals surface area contributed by atoms with E-state index in [1.165, 1.54) is 12.8 Å². The zero-order valence-corrected chi connectivity index (χ0v) is 13.7. The summed E-state index contributed by atoms with van der Waals surface area (Å²) in [7, 11) is 1.75. The lowest BCUT2D eigenvalue weighted by molar-refractivity contribution is -0.151. The monoisotopic (exact) mass is 298 g/mol. The van der Waals surface area contributed by atoms with Crippen molar-refractivity contribution in [3.8, 4) is 0 Å². The van der Waals surface area contributed by atoms with Crippen LogP contribution in [0, 0.1) is 0 Å². The molecule has 5 heteroatoms. The number of esters is 1. The molecule has 2 saturated carbocycles. The van der Waals surface area contributed by atoms with Crippen molar-refractivity contribution >= 4 is 5.97 Å². The van der Waals surface area contributed by atoms with E-state index in [-0.39, 0.29) is 5.97 Å². The fourth-order valence-corrected chi connectivity index (χ4v) is 3.59. The average Bonchev–Trinajstić information content (AvgIpc) is 3.21. The highest BCUT2D eigenvalue weighted by atomic mass is 16.5. The molecule has 0 heterocycles. The van der Waals surface area contributed by atoms with Crippen molar-refractivity contribution in [3.05, 3.63) is 0 Å². The first-order valence-corrected chi connectivity index (χ1v) is 8.33. The van der Waals surface area contributed by atoms with Crippen LogP contribution in [0.25, 0.3) is 0 Å². The van der Waals surface area contributed by atoms with Crippen molar-refractivity contribution in [1.82, 2.24) is 10.2 Å². The Hall–Kier alpha value is -0.650. The quantitative estimate of drug-likeness (QED) is 0.655. The first-order chi connectivity index (χ1) is 10.2. The molecule has 122 valence electrons. The molecule has 0 aromatic rings. The van der Waals surface area contributed by atoms with Gasteiger partial charge in [-0.15, -0.1) is 0 Å². The molecule has 2 atom stereocenters. The highest BCUT2D eigenvalue weighted by molar-refractivity contribution is 5.81. The molecule has 0 saturated heterocycles. The molecule has 2 aliphatic carbocycles. The van der Waals surface area contributed by atoms with E-state index in [2.05, 4.69) is 17.1 Å². The largest absolute Gasteiger partial charge is 0.465 e. The second-order valence-electron chi connectivity index (χ2n) is 6.19. The maximum absolute atomic E-state index is 12.4. The fraction of sp³-hybridized carbons (Fsp3) is 0.938. The summed E-state index contributed by atoms with van der Waals surface area (Å²) in [6.45, 7) is 6.91. The molecule has 2 aliphatic rings. The summed E-state index contributed by atoms with van der Waals surface area (Å²) < 4.78 is 10.6. The van der Waals surface area contributed by atoms with Gasteiger partial charge in [0, 0.05) is 25.7 Å². The van der Waals surface area contributed by atoms with Crippen molar-refractivity contribution in [2.75, 3.05) is 33.4 Å². The van der Waals surface area contributed by atoms with Crippen molar-refractivity contribution in [3.63, 3.8) is 0 Å². The van der Waals surface area contributed by atoms with Gasteiger partial charge in [-0.05, 0) is 45.6 Å². The molecule has 21 heavy (non-hydrogen) atoms. The lowest BCUT2D eigenvalue weighted by Crippen LogP contribution is -2.52. The van der Waals surface area contributed by atoms with E-state index in [4.69, 9.17) is 9.47 Å². The van der Waals surface area contributed by atoms with Crippen LogP contribution in [0.15, 0.2) is 0 Å². The summed E-state index contributed by atoms with van der Waals surface area (Å²) in [5, 5.41) is 3.41. The predicted molar refractivity (Wildman–Crippen MR) is 82.3 cm³/mol. The van der Waals surface area contributed by atoms with Crippen molar-refractivity contribution in [2.45, 2.75) is 63.6 Å². The summed E-state index contributed by atoms with van der Waals surface area (Å²) in [6.07, 6.45) is 5.37. The van der Waals surface area contributed by atoms with Gasteiger partial charge in [0.15, 0.2) is 0 Å². The lowest BCUT2D eigenvalue weighted by atomic mass is 9.97. The van der Waals surface area contributed by atoms with Crippen LogP contribution in [-0.4, -0.2) is 61.9 Å². The van der Waals surface area contributed by atoms with Gasteiger partial charge in [-0.2, -0.15) is 0 Å². The van der Waals surface area contributed by atoms with Crippen LogP contribution >= 0.6 is 0 Å². The Morgan fingerprint density at radius 2 is 2.05 bits per heavy atom. The molecule has 5 nitrogen and oxygen atoms in total. The van der Waals surface area contributed by atoms with E-state index < -0.39 is 5.54 Å². The van der Waals surface area contributed by atoms with Gasteiger partial charge in [0.1, 0.15) is 5.54 Å². The summed E-state index contributed by atoms with van der Waals surface area (Å²) >= 11 is 0. The average molecular weight is 298 g/mol. The molecule has 0 amide bonds. The first-order valence-electron chi connectivity index (χ1n) is 8.33. The summed E-state index contributed by atoms with van der Waals surface area (Å²) in [4.78, 5) is 15.0. The second-order valence-corrected chi connectivity index (χ2v) is 6.19. The number of ether oxygens (including phenoxy) is 2. The molecular weight excluding hydrogens is 268 g/mol. The molecule has 1 N–H and O–H groups in total.